The predicted octanol–water partition coefficient (Wildman–Crippen LogP) is 3.88. The van der Waals surface area contributed by atoms with E-state index in [1.54, 1.807) is 43.7 Å². The van der Waals surface area contributed by atoms with E-state index in [0.29, 0.717) is 28.3 Å². The van der Waals surface area contributed by atoms with Crippen LogP contribution in [0.4, 0.5) is 11.4 Å². The minimum Gasteiger partial charge on any atom is -0.493 e. The molecule has 3 aromatic rings. The highest BCUT2D eigenvalue weighted by Gasteiger charge is 2.31. The highest BCUT2D eigenvalue weighted by molar-refractivity contribution is 6.05. The van der Waals surface area contributed by atoms with Crippen molar-refractivity contribution >= 4 is 23.5 Å². The van der Waals surface area contributed by atoms with E-state index >= 15 is 0 Å². The molecule has 0 fully saturated rings. The number of ether oxygens (including phenoxy) is 2. The lowest BCUT2D eigenvalue weighted by Crippen LogP contribution is -2.45. The van der Waals surface area contributed by atoms with Gasteiger partial charge in [-0.1, -0.05) is 30.3 Å². The van der Waals surface area contributed by atoms with Gasteiger partial charge in [-0.15, -0.1) is 0 Å². The topological polar surface area (TPSA) is 98.0 Å². The fourth-order valence-corrected chi connectivity index (χ4v) is 3.62. The molecular weight excluding hydrogens is 392 g/mol. The van der Waals surface area contributed by atoms with Crippen LogP contribution < -0.4 is 25.8 Å². The molecule has 1 aliphatic rings. The van der Waals surface area contributed by atoms with Gasteiger partial charge in [0, 0.05) is 28.6 Å². The Morgan fingerprint density at radius 3 is 2.65 bits per heavy atom. The summed E-state index contributed by atoms with van der Waals surface area (Å²) < 4.78 is 10.7. The van der Waals surface area contributed by atoms with E-state index in [0.717, 1.165) is 16.8 Å². The molecule has 0 saturated carbocycles. The van der Waals surface area contributed by atoms with E-state index in [4.69, 9.17) is 15.2 Å². The molecule has 0 saturated heterocycles. The lowest BCUT2D eigenvalue weighted by atomic mass is 9.97. The van der Waals surface area contributed by atoms with Gasteiger partial charge in [0.1, 0.15) is 0 Å². The first-order chi connectivity index (χ1) is 14.9. The normalized spacial score (nSPS) is 16.8. The first-order valence-corrected chi connectivity index (χ1v) is 9.80. The van der Waals surface area contributed by atoms with Crippen molar-refractivity contribution in [2.45, 2.75) is 12.7 Å². The number of anilines is 2. The van der Waals surface area contributed by atoms with Gasteiger partial charge in [0.05, 0.1) is 19.9 Å². The van der Waals surface area contributed by atoms with Gasteiger partial charge in [0.2, 0.25) is 5.79 Å². The second kappa shape index (κ2) is 8.12. The number of benzene rings is 3. The maximum atomic E-state index is 13.0. The molecule has 0 spiro atoms. The SMILES string of the molecule is COc1cccc(NC(=O)c2ccc(C)c(C3(N)N=Cc4ccccc4N3)c2)c1OC. The number of nitrogens with one attached hydrogen (secondary N) is 2. The van der Waals surface area contributed by atoms with E-state index in [1.807, 2.05) is 37.3 Å². The third-order valence-electron chi connectivity index (χ3n) is 5.25. The van der Waals surface area contributed by atoms with Crippen molar-refractivity contribution in [3.8, 4) is 11.5 Å². The Morgan fingerprint density at radius 2 is 1.87 bits per heavy atom. The van der Waals surface area contributed by atoms with Gasteiger partial charge in [0.15, 0.2) is 11.5 Å². The molecule has 158 valence electrons. The predicted molar refractivity (Wildman–Crippen MR) is 122 cm³/mol. The number of methoxy groups -OCH3 is 2. The Morgan fingerprint density at radius 1 is 1.06 bits per heavy atom. The fraction of sp³-hybridized carbons (Fsp3) is 0.167. The van der Waals surface area contributed by atoms with Crippen molar-refractivity contribution in [1.82, 2.24) is 0 Å². The number of nitrogens with zero attached hydrogens (tertiary/aromatic N) is 1. The maximum absolute atomic E-state index is 13.0. The summed E-state index contributed by atoms with van der Waals surface area (Å²) in [5.41, 5.74) is 11.1. The zero-order valence-corrected chi connectivity index (χ0v) is 17.6. The highest BCUT2D eigenvalue weighted by Crippen LogP contribution is 2.35. The zero-order chi connectivity index (χ0) is 22.0. The van der Waals surface area contributed by atoms with Gasteiger partial charge in [0.25, 0.3) is 5.91 Å². The molecule has 7 nitrogen and oxygen atoms in total. The third kappa shape index (κ3) is 3.83. The quantitative estimate of drug-likeness (QED) is 0.586. The number of fused-ring (bicyclic) bond motifs is 1. The van der Waals surface area contributed by atoms with E-state index in [9.17, 15) is 4.79 Å². The summed E-state index contributed by atoms with van der Waals surface area (Å²) in [4.78, 5) is 17.6. The Kier molecular flexibility index (Phi) is 5.35. The van der Waals surface area contributed by atoms with Crippen LogP contribution in [0, 0.1) is 6.92 Å². The number of hydrogen-bond acceptors (Lipinski definition) is 6. The van der Waals surface area contributed by atoms with Crippen LogP contribution in [0.1, 0.15) is 27.0 Å². The van der Waals surface area contributed by atoms with Crippen molar-refractivity contribution in [3.05, 3.63) is 82.9 Å². The molecule has 1 amide bonds. The Balaban J connectivity index is 1.66. The van der Waals surface area contributed by atoms with Crippen LogP contribution in [0.3, 0.4) is 0 Å². The number of carbonyl (C=O) groups excluding carboxylic acids is 1. The largest absolute Gasteiger partial charge is 0.493 e. The molecule has 0 aliphatic carbocycles. The molecule has 3 aromatic carbocycles. The molecule has 4 N–H and O–H groups in total. The lowest BCUT2D eigenvalue weighted by Gasteiger charge is -2.33. The second-order valence-electron chi connectivity index (χ2n) is 7.26. The van der Waals surface area contributed by atoms with E-state index in [2.05, 4.69) is 15.6 Å². The minimum atomic E-state index is -1.18. The molecule has 1 atom stereocenters. The van der Waals surface area contributed by atoms with Crippen molar-refractivity contribution < 1.29 is 14.3 Å². The number of amides is 1. The first-order valence-electron chi connectivity index (χ1n) is 9.80. The van der Waals surface area contributed by atoms with Crippen LogP contribution in [0.5, 0.6) is 11.5 Å². The average molecular weight is 416 g/mol. The number of aliphatic imine (C=N–C) groups is 1. The van der Waals surface area contributed by atoms with Gasteiger partial charge in [-0.3, -0.25) is 10.5 Å². The van der Waals surface area contributed by atoms with Crippen LogP contribution in [0.2, 0.25) is 0 Å². The van der Waals surface area contributed by atoms with Crippen molar-refractivity contribution in [3.63, 3.8) is 0 Å². The molecule has 7 heteroatoms. The summed E-state index contributed by atoms with van der Waals surface area (Å²) in [5, 5.41) is 6.18. The molecule has 1 heterocycles. The smallest absolute Gasteiger partial charge is 0.255 e. The minimum absolute atomic E-state index is 0.295. The monoisotopic (exact) mass is 416 g/mol. The number of aryl methyl sites for hydroxylation is 1. The molecule has 0 aromatic heterocycles. The molecule has 0 radical (unpaired) electrons. The average Bonchev–Trinajstić information content (AvgIpc) is 2.78. The molecule has 31 heavy (non-hydrogen) atoms. The van der Waals surface area contributed by atoms with Gasteiger partial charge in [-0.05, 0) is 42.8 Å². The summed E-state index contributed by atoms with van der Waals surface area (Å²) in [6.07, 6.45) is 1.75. The molecule has 1 unspecified atom stereocenters. The second-order valence-corrected chi connectivity index (χ2v) is 7.26. The number of carbonyl (C=O) groups is 1. The van der Waals surface area contributed by atoms with Crippen molar-refractivity contribution in [2.75, 3.05) is 24.9 Å². The summed E-state index contributed by atoms with van der Waals surface area (Å²) >= 11 is 0. The number of hydrogen-bond donors (Lipinski definition) is 3. The summed E-state index contributed by atoms with van der Waals surface area (Å²) in [7, 11) is 3.08. The van der Waals surface area contributed by atoms with E-state index < -0.39 is 5.79 Å². The van der Waals surface area contributed by atoms with Crippen LogP contribution in [-0.2, 0) is 5.79 Å². The van der Waals surface area contributed by atoms with Crippen LogP contribution in [0.15, 0.2) is 65.7 Å². The molecule has 4 rings (SSSR count). The summed E-state index contributed by atoms with van der Waals surface area (Å²) in [6.45, 7) is 1.94. The summed E-state index contributed by atoms with van der Waals surface area (Å²) in [5.74, 6) is -0.486. The molecular formula is C24H24N4O3. The Bertz CT molecular complexity index is 1180. The van der Waals surface area contributed by atoms with Crippen LogP contribution in [-0.4, -0.2) is 26.3 Å². The zero-order valence-electron chi connectivity index (χ0n) is 17.6. The Labute approximate surface area is 180 Å². The first kappa shape index (κ1) is 20.4. The lowest BCUT2D eigenvalue weighted by molar-refractivity contribution is 0.102. The Hall–Kier alpha value is -3.84. The molecule has 0 bridgehead atoms. The number of rotatable bonds is 5. The van der Waals surface area contributed by atoms with E-state index in [1.165, 1.54) is 7.11 Å². The number of nitrogens with two attached hydrogens (primary N) is 1. The standard InChI is InChI=1S/C24H24N4O3/c1-15-11-12-16(23(29)27-20-9-6-10-21(30-2)22(20)31-3)13-18(15)24(25)26-14-17-7-4-5-8-19(17)28-24/h4-14,28H,25H2,1-3H3,(H,27,29). The van der Waals surface area contributed by atoms with Gasteiger partial charge in [-0.25, -0.2) is 4.99 Å². The molecule has 1 aliphatic heterocycles. The van der Waals surface area contributed by atoms with E-state index in [-0.39, 0.29) is 5.91 Å². The van der Waals surface area contributed by atoms with Crippen LogP contribution in [0.25, 0.3) is 0 Å². The van der Waals surface area contributed by atoms with Gasteiger partial charge >= 0.3 is 0 Å². The fourth-order valence-electron chi connectivity index (χ4n) is 3.62. The van der Waals surface area contributed by atoms with Crippen molar-refractivity contribution in [1.29, 1.82) is 0 Å². The summed E-state index contributed by atoms with van der Waals surface area (Å²) in [6, 6.07) is 18.5. The highest BCUT2D eigenvalue weighted by atomic mass is 16.5. The van der Waals surface area contributed by atoms with Crippen molar-refractivity contribution in [2.24, 2.45) is 10.7 Å². The van der Waals surface area contributed by atoms with Crippen LogP contribution >= 0.6 is 0 Å². The van der Waals surface area contributed by atoms with Gasteiger partial charge < -0.3 is 20.1 Å². The maximum Gasteiger partial charge on any atom is 0.255 e. The number of para-hydroxylation sites is 2. The third-order valence-corrected chi connectivity index (χ3v) is 5.25. The van der Waals surface area contributed by atoms with Gasteiger partial charge in [-0.2, -0.15) is 0 Å².